The Kier molecular flexibility index (Phi) is 1.62. The summed E-state index contributed by atoms with van der Waals surface area (Å²) in [5.41, 5.74) is 0.818. The fourth-order valence-electron chi connectivity index (χ4n) is 1.43. The fraction of sp³-hybridized carbons (Fsp3) is 0.0909. The Hall–Kier alpha value is -1.70. The minimum atomic E-state index is 0.202. The number of benzene rings is 2. The monoisotopic (exact) mass is 174 g/mol. The molecule has 0 aliphatic rings. The first-order chi connectivity index (χ1) is 6.20. The first kappa shape index (κ1) is 7.92. The fourth-order valence-corrected chi connectivity index (χ4v) is 1.43. The van der Waals surface area contributed by atoms with Crippen LogP contribution < -0.4 is 0 Å². The van der Waals surface area contributed by atoms with Crippen LogP contribution in [0.3, 0.4) is 0 Å². The summed E-state index contributed by atoms with van der Waals surface area (Å²) < 4.78 is 0. The molecule has 0 bridgehead atoms. The van der Waals surface area contributed by atoms with Gasteiger partial charge in [0.15, 0.2) is 0 Å². The Morgan fingerprint density at radius 1 is 0.923 bits per heavy atom. The van der Waals surface area contributed by atoms with Crippen molar-refractivity contribution in [3.63, 3.8) is 0 Å². The molecule has 0 saturated heterocycles. The maximum atomic E-state index is 9.67. The van der Waals surface area contributed by atoms with Crippen LogP contribution in [0.5, 0.6) is 11.5 Å². The second-order valence-electron chi connectivity index (χ2n) is 3.10. The van der Waals surface area contributed by atoms with E-state index in [4.69, 9.17) is 0 Å². The van der Waals surface area contributed by atoms with Gasteiger partial charge in [-0.1, -0.05) is 24.3 Å². The molecule has 2 heteroatoms. The van der Waals surface area contributed by atoms with Gasteiger partial charge in [0.05, 0.1) is 0 Å². The van der Waals surface area contributed by atoms with Crippen LogP contribution in [0.15, 0.2) is 30.3 Å². The zero-order chi connectivity index (χ0) is 9.42. The van der Waals surface area contributed by atoms with Crippen molar-refractivity contribution in [3.8, 4) is 11.5 Å². The first-order valence-electron chi connectivity index (χ1n) is 4.10. The van der Waals surface area contributed by atoms with Crippen LogP contribution >= 0.6 is 0 Å². The predicted octanol–water partition coefficient (Wildman–Crippen LogP) is 2.56. The molecule has 0 unspecified atom stereocenters. The second kappa shape index (κ2) is 2.66. The Morgan fingerprint density at radius 2 is 1.69 bits per heavy atom. The lowest BCUT2D eigenvalue weighted by atomic mass is 10.1. The molecule has 0 atom stereocenters. The van der Waals surface area contributed by atoms with Gasteiger partial charge in [-0.15, -0.1) is 0 Å². The van der Waals surface area contributed by atoms with Gasteiger partial charge in [0.25, 0.3) is 0 Å². The van der Waals surface area contributed by atoms with Crippen LogP contribution in [0.4, 0.5) is 0 Å². The van der Waals surface area contributed by atoms with Crippen LogP contribution in [-0.2, 0) is 0 Å². The molecular formula is C11H10O2. The summed E-state index contributed by atoms with van der Waals surface area (Å²) in [7, 11) is 0. The Labute approximate surface area is 76.1 Å². The molecule has 2 aromatic rings. The zero-order valence-electron chi connectivity index (χ0n) is 7.28. The molecule has 0 spiro atoms. The Morgan fingerprint density at radius 3 is 2.46 bits per heavy atom. The van der Waals surface area contributed by atoms with Crippen LogP contribution in [0.1, 0.15) is 5.56 Å². The van der Waals surface area contributed by atoms with E-state index in [0.29, 0.717) is 10.8 Å². The van der Waals surface area contributed by atoms with E-state index in [1.807, 2.05) is 6.92 Å². The van der Waals surface area contributed by atoms with Crippen LogP contribution in [0, 0.1) is 6.92 Å². The number of phenolic OH excluding ortho intramolecular Hbond substituents is 2. The van der Waals surface area contributed by atoms with Gasteiger partial charge in [-0.05, 0) is 18.6 Å². The van der Waals surface area contributed by atoms with Crippen LogP contribution in [-0.4, -0.2) is 10.2 Å². The Bertz CT molecular complexity index is 461. The third kappa shape index (κ3) is 1.11. The maximum absolute atomic E-state index is 9.67. The first-order valence-corrected chi connectivity index (χ1v) is 4.10. The van der Waals surface area contributed by atoms with Gasteiger partial charge >= 0.3 is 0 Å². The largest absolute Gasteiger partial charge is 0.507 e. The molecule has 66 valence electrons. The van der Waals surface area contributed by atoms with Crippen molar-refractivity contribution in [2.75, 3.05) is 0 Å². The van der Waals surface area contributed by atoms with E-state index in [1.165, 1.54) is 0 Å². The lowest BCUT2D eigenvalue weighted by Gasteiger charge is -2.04. The molecular weight excluding hydrogens is 164 g/mol. The molecule has 0 aromatic heterocycles. The average molecular weight is 174 g/mol. The van der Waals surface area contributed by atoms with E-state index < -0.39 is 0 Å². The van der Waals surface area contributed by atoms with Gasteiger partial charge in [-0.3, -0.25) is 0 Å². The van der Waals surface area contributed by atoms with Crippen LogP contribution in [0.2, 0.25) is 0 Å². The van der Waals surface area contributed by atoms with E-state index in [2.05, 4.69) is 0 Å². The Balaban J connectivity index is 2.94. The SMILES string of the molecule is Cc1ccc2c(O)cccc2c1O. The van der Waals surface area contributed by atoms with Crippen molar-refractivity contribution >= 4 is 10.8 Å². The van der Waals surface area contributed by atoms with Gasteiger partial charge in [0.1, 0.15) is 11.5 Å². The number of rotatable bonds is 0. The molecule has 0 fully saturated rings. The highest BCUT2D eigenvalue weighted by molar-refractivity contribution is 5.93. The zero-order valence-corrected chi connectivity index (χ0v) is 7.28. The number of aryl methyl sites for hydroxylation is 1. The van der Waals surface area contributed by atoms with E-state index in [-0.39, 0.29) is 11.5 Å². The van der Waals surface area contributed by atoms with Gasteiger partial charge in [0.2, 0.25) is 0 Å². The lowest BCUT2D eigenvalue weighted by molar-refractivity contribution is 0.473. The number of hydrogen-bond acceptors (Lipinski definition) is 2. The van der Waals surface area contributed by atoms with Crippen molar-refractivity contribution in [1.82, 2.24) is 0 Å². The van der Waals surface area contributed by atoms with E-state index in [9.17, 15) is 10.2 Å². The number of aromatic hydroxyl groups is 2. The van der Waals surface area contributed by atoms with Gasteiger partial charge in [0, 0.05) is 10.8 Å². The van der Waals surface area contributed by atoms with Crippen molar-refractivity contribution in [3.05, 3.63) is 35.9 Å². The highest BCUT2D eigenvalue weighted by Gasteiger charge is 2.04. The number of hydrogen-bond donors (Lipinski definition) is 2. The van der Waals surface area contributed by atoms with E-state index in [0.717, 1.165) is 5.56 Å². The number of fused-ring (bicyclic) bond motifs is 1. The second-order valence-corrected chi connectivity index (χ2v) is 3.10. The average Bonchev–Trinajstić information content (AvgIpc) is 2.12. The van der Waals surface area contributed by atoms with Crippen molar-refractivity contribution in [2.24, 2.45) is 0 Å². The molecule has 2 nitrogen and oxygen atoms in total. The van der Waals surface area contributed by atoms with Crippen molar-refractivity contribution < 1.29 is 10.2 Å². The maximum Gasteiger partial charge on any atom is 0.126 e. The minimum absolute atomic E-state index is 0.202. The highest BCUT2D eigenvalue weighted by Crippen LogP contribution is 2.32. The molecule has 0 aliphatic heterocycles. The van der Waals surface area contributed by atoms with Crippen molar-refractivity contribution in [2.45, 2.75) is 6.92 Å². The summed E-state index contributed by atoms with van der Waals surface area (Å²) in [5, 5.41) is 20.5. The number of phenols is 2. The van der Waals surface area contributed by atoms with Crippen LogP contribution in [0.25, 0.3) is 10.8 Å². The van der Waals surface area contributed by atoms with E-state index >= 15 is 0 Å². The topological polar surface area (TPSA) is 40.5 Å². The normalized spacial score (nSPS) is 10.5. The summed E-state index contributed by atoms with van der Waals surface area (Å²) in [5.74, 6) is 0.446. The predicted molar refractivity (Wildman–Crippen MR) is 52.0 cm³/mol. The third-order valence-electron chi connectivity index (χ3n) is 2.21. The van der Waals surface area contributed by atoms with Gasteiger partial charge < -0.3 is 10.2 Å². The minimum Gasteiger partial charge on any atom is -0.507 e. The molecule has 0 radical (unpaired) electrons. The molecule has 0 saturated carbocycles. The molecule has 2 rings (SSSR count). The smallest absolute Gasteiger partial charge is 0.126 e. The third-order valence-corrected chi connectivity index (χ3v) is 2.21. The molecule has 2 N–H and O–H groups in total. The van der Waals surface area contributed by atoms with Crippen molar-refractivity contribution in [1.29, 1.82) is 0 Å². The standard InChI is InChI=1S/C11H10O2/c1-7-5-6-8-9(11(7)13)3-2-4-10(8)12/h2-6,12-13H,1H3. The van der Waals surface area contributed by atoms with E-state index in [1.54, 1.807) is 30.3 Å². The van der Waals surface area contributed by atoms with Gasteiger partial charge in [-0.25, -0.2) is 0 Å². The molecule has 0 heterocycles. The summed E-state index contributed by atoms with van der Waals surface area (Å²) in [6.07, 6.45) is 0. The molecule has 2 aromatic carbocycles. The highest BCUT2D eigenvalue weighted by atomic mass is 16.3. The summed E-state index contributed by atoms with van der Waals surface area (Å²) in [6, 6.07) is 8.71. The molecule has 13 heavy (non-hydrogen) atoms. The summed E-state index contributed by atoms with van der Waals surface area (Å²) in [4.78, 5) is 0. The quantitative estimate of drug-likeness (QED) is 0.644. The summed E-state index contributed by atoms with van der Waals surface area (Å²) >= 11 is 0. The molecule has 0 aliphatic carbocycles. The van der Waals surface area contributed by atoms with Gasteiger partial charge in [-0.2, -0.15) is 0 Å². The molecule has 0 amide bonds. The summed E-state index contributed by atoms with van der Waals surface area (Å²) in [6.45, 7) is 1.83. The lowest BCUT2D eigenvalue weighted by Crippen LogP contribution is -1.78.